The number of carbonyl (C=O) groups excluding carboxylic acids is 2. The van der Waals surface area contributed by atoms with Crippen molar-refractivity contribution in [2.75, 3.05) is 13.2 Å². The Balaban J connectivity index is 1.40. The van der Waals surface area contributed by atoms with Crippen LogP contribution in [-0.4, -0.2) is 53.2 Å². The number of carboxylic acid groups (broad SMARTS) is 1. The van der Waals surface area contributed by atoms with E-state index in [1.54, 1.807) is 4.90 Å². The van der Waals surface area contributed by atoms with Gasteiger partial charge in [-0.15, -0.1) is 0 Å². The van der Waals surface area contributed by atoms with Gasteiger partial charge in [0.25, 0.3) is 0 Å². The zero-order chi connectivity index (χ0) is 24.9. The highest BCUT2D eigenvalue weighted by Gasteiger charge is 2.36. The van der Waals surface area contributed by atoms with Gasteiger partial charge in [-0.2, -0.15) is 0 Å². The summed E-state index contributed by atoms with van der Waals surface area (Å²) in [6.07, 6.45) is 2.45. The summed E-state index contributed by atoms with van der Waals surface area (Å²) in [7, 11) is 0. The molecule has 35 heavy (non-hydrogen) atoms. The number of likely N-dealkylation sites (tertiary alicyclic amines) is 1. The van der Waals surface area contributed by atoms with Crippen LogP contribution in [-0.2, 0) is 14.3 Å². The molecular formula is C28H34N2O5. The number of aliphatic carboxylic acids is 1. The molecule has 1 aliphatic heterocycles. The van der Waals surface area contributed by atoms with Crippen LogP contribution in [0, 0.1) is 5.92 Å². The Morgan fingerprint density at radius 3 is 2.29 bits per heavy atom. The van der Waals surface area contributed by atoms with Gasteiger partial charge in [0.15, 0.2) is 0 Å². The maximum Gasteiger partial charge on any atom is 0.407 e. The van der Waals surface area contributed by atoms with Gasteiger partial charge in [0, 0.05) is 18.5 Å². The molecule has 1 heterocycles. The molecule has 186 valence electrons. The Hall–Kier alpha value is -3.35. The van der Waals surface area contributed by atoms with Crippen LogP contribution in [0.25, 0.3) is 11.1 Å². The van der Waals surface area contributed by atoms with Crippen molar-refractivity contribution in [1.82, 2.24) is 10.2 Å². The van der Waals surface area contributed by atoms with E-state index >= 15 is 0 Å². The van der Waals surface area contributed by atoms with Gasteiger partial charge in [-0.25, -0.2) is 4.79 Å². The quantitative estimate of drug-likeness (QED) is 0.568. The van der Waals surface area contributed by atoms with Gasteiger partial charge in [0.05, 0.1) is 5.92 Å². The molecule has 2 aromatic rings. The predicted molar refractivity (Wildman–Crippen MR) is 133 cm³/mol. The van der Waals surface area contributed by atoms with Crippen molar-refractivity contribution in [3.8, 4) is 11.1 Å². The number of amides is 2. The number of nitrogens with zero attached hydrogens (tertiary/aromatic N) is 1. The Morgan fingerprint density at radius 2 is 1.71 bits per heavy atom. The first kappa shape index (κ1) is 24.8. The van der Waals surface area contributed by atoms with Crippen LogP contribution in [0.3, 0.4) is 0 Å². The summed E-state index contributed by atoms with van der Waals surface area (Å²) in [6, 6.07) is 15.4. The third-order valence-electron chi connectivity index (χ3n) is 7.29. The highest BCUT2D eigenvalue weighted by molar-refractivity contribution is 5.86. The fourth-order valence-electron chi connectivity index (χ4n) is 5.37. The van der Waals surface area contributed by atoms with Crippen molar-refractivity contribution in [1.29, 1.82) is 0 Å². The lowest BCUT2D eigenvalue weighted by atomic mass is 9.91. The maximum absolute atomic E-state index is 13.3. The molecule has 7 nitrogen and oxygen atoms in total. The lowest BCUT2D eigenvalue weighted by Crippen LogP contribution is -2.54. The van der Waals surface area contributed by atoms with Crippen molar-refractivity contribution >= 4 is 18.0 Å². The van der Waals surface area contributed by atoms with Crippen LogP contribution in [0.15, 0.2) is 48.5 Å². The molecule has 4 rings (SSSR count). The van der Waals surface area contributed by atoms with E-state index in [0.717, 1.165) is 35.1 Å². The fraction of sp³-hybridized carbons (Fsp3) is 0.464. The Morgan fingerprint density at radius 1 is 1.09 bits per heavy atom. The smallest absolute Gasteiger partial charge is 0.407 e. The molecule has 0 aromatic heterocycles. The number of rotatable bonds is 8. The molecule has 2 amide bonds. The molecule has 0 spiro atoms. The van der Waals surface area contributed by atoms with Gasteiger partial charge in [0.1, 0.15) is 12.6 Å². The number of alkyl carbamates (subject to hydrolysis) is 1. The zero-order valence-corrected chi connectivity index (χ0v) is 20.4. The van der Waals surface area contributed by atoms with Crippen LogP contribution >= 0.6 is 0 Å². The monoisotopic (exact) mass is 478 g/mol. The van der Waals surface area contributed by atoms with Gasteiger partial charge >= 0.3 is 12.1 Å². The molecule has 2 aromatic carbocycles. The van der Waals surface area contributed by atoms with Crippen LogP contribution in [0.4, 0.5) is 4.79 Å². The lowest BCUT2D eigenvalue weighted by Gasteiger charge is -2.38. The van der Waals surface area contributed by atoms with Gasteiger partial charge in [0.2, 0.25) is 5.91 Å². The van der Waals surface area contributed by atoms with E-state index in [1.165, 1.54) is 0 Å². The Bertz CT molecular complexity index is 1040. The average Bonchev–Trinajstić information content (AvgIpc) is 3.18. The maximum atomic E-state index is 13.3. The molecule has 0 radical (unpaired) electrons. The van der Waals surface area contributed by atoms with Gasteiger partial charge in [-0.3, -0.25) is 9.59 Å². The highest BCUT2D eigenvalue weighted by Crippen LogP contribution is 2.44. The third kappa shape index (κ3) is 5.34. The van der Waals surface area contributed by atoms with Crippen molar-refractivity contribution < 1.29 is 24.2 Å². The van der Waals surface area contributed by atoms with E-state index in [1.807, 2.05) is 38.1 Å². The third-order valence-corrected chi connectivity index (χ3v) is 7.29. The molecule has 3 atom stereocenters. The second-order valence-corrected chi connectivity index (χ2v) is 9.60. The molecule has 7 heteroatoms. The molecule has 2 N–H and O–H groups in total. The number of nitrogens with one attached hydrogen (secondary N) is 1. The summed E-state index contributed by atoms with van der Waals surface area (Å²) in [5.74, 6) is -1.46. The van der Waals surface area contributed by atoms with Crippen molar-refractivity contribution in [2.24, 2.45) is 5.92 Å². The SMILES string of the molecule is CCCC[C@H](NC(=O)OCC1c2ccccc2-c2ccccc21)C(=O)N1CCC(C(=O)O)CC1C. The lowest BCUT2D eigenvalue weighted by molar-refractivity contribution is -0.148. The standard InChI is InChI=1S/C28H34N2O5/c1-3-4-13-25(26(31)30-15-14-19(27(32)33)16-18(30)2)29-28(34)35-17-24-22-11-7-5-9-20(22)21-10-6-8-12-23(21)24/h5-12,18-19,24-25H,3-4,13-17H2,1-2H3,(H,29,34)(H,32,33)/t18?,19?,25-/m0/s1. The fourth-order valence-corrected chi connectivity index (χ4v) is 5.37. The molecule has 1 saturated heterocycles. The number of benzene rings is 2. The van der Waals surface area contributed by atoms with Crippen molar-refractivity contribution in [2.45, 2.75) is 64.0 Å². The number of ether oxygens (including phenoxy) is 1. The topological polar surface area (TPSA) is 95.9 Å². The van der Waals surface area contributed by atoms with E-state index < -0.39 is 24.0 Å². The molecule has 0 saturated carbocycles. The Kier molecular flexibility index (Phi) is 7.73. The molecule has 2 aliphatic rings. The summed E-state index contributed by atoms with van der Waals surface area (Å²) >= 11 is 0. The summed E-state index contributed by atoms with van der Waals surface area (Å²) in [5.41, 5.74) is 4.59. The number of unbranched alkanes of at least 4 members (excludes halogenated alkanes) is 1. The number of hydrogen-bond acceptors (Lipinski definition) is 4. The summed E-state index contributed by atoms with van der Waals surface area (Å²) in [5, 5.41) is 12.1. The molecule has 1 fully saturated rings. The van der Waals surface area contributed by atoms with Crippen LogP contribution in [0.1, 0.15) is 63.0 Å². The first-order chi connectivity index (χ1) is 16.9. The predicted octanol–water partition coefficient (Wildman–Crippen LogP) is 4.80. The number of hydrogen-bond donors (Lipinski definition) is 2. The molecule has 0 bridgehead atoms. The molecule has 1 aliphatic carbocycles. The van der Waals surface area contributed by atoms with E-state index in [9.17, 15) is 19.5 Å². The van der Waals surface area contributed by atoms with Crippen LogP contribution in [0.5, 0.6) is 0 Å². The van der Waals surface area contributed by atoms with Crippen LogP contribution in [0.2, 0.25) is 0 Å². The number of carbonyl (C=O) groups is 3. The second kappa shape index (κ2) is 10.9. The van der Waals surface area contributed by atoms with Gasteiger partial charge in [-0.1, -0.05) is 68.3 Å². The number of carboxylic acids is 1. The number of piperidine rings is 1. The van der Waals surface area contributed by atoms with Crippen LogP contribution < -0.4 is 5.32 Å². The van der Waals surface area contributed by atoms with E-state index in [0.29, 0.717) is 25.8 Å². The summed E-state index contributed by atoms with van der Waals surface area (Å²) in [4.78, 5) is 39.2. The first-order valence-electron chi connectivity index (χ1n) is 12.6. The average molecular weight is 479 g/mol. The first-order valence-corrected chi connectivity index (χ1v) is 12.6. The highest BCUT2D eigenvalue weighted by atomic mass is 16.5. The minimum absolute atomic E-state index is 0.0481. The minimum Gasteiger partial charge on any atom is -0.481 e. The molecule has 2 unspecified atom stereocenters. The second-order valence-electron chi connectivity index (χ2n) is 9.60. The summed E-state index contributed by atoms with van der Waals surface area (Å²) < 4.78 is 5.66. The number of fused-ring (bicyclic) bond motifs is 3. The Labute approximate surface area is 206 Å². The zero-order valence-electron chi connectivity index (χ0n) is 20.4. The molecular weight excluding hydrogens is 444 g/mol. The van der Waals surface area contributed by atoms with E-state index in [4.69, 9.17) is 4.74 Å². The summed E-state index contributed by atoms with van der Waals surface area (Å²) in [6.45, 7) is 4.48. The van der Waals surface area contributed by atoms with Gasteiger partial charge in [-0.05, 0) is 48.4 Å². The normalized spacial score (nSPS) is 20.0. The van der Waals surface area contributed by atoms with Crippen molar-refractivity contribution in [3.05, 3.63) is 59.7 Å². The minimum atomic E-state index is -0.816. The van der Waals surface area contributed by atoms with E-state index in [2.05, 4.69) is 29.6 Å². The van der Waals surface area contributed by atoms with Crippen molar-refractivity contribution in [3.63, 3.8) is 0 Å². The van der Waals surface area contributed by atoms with E-state index in [-0.39, 0.29) is 24.5 Å². The largest absolute Gasteiger partial charge is 0.481 e. The van der Waals surface area contributed by atoms with Gasteiger partial charge < -0.3 is 20.1 Å².